The molecule has 3 rings (SSSR count). The van der Waals surface area contributed by atoms with E-state index in [1.165, 1.54) is 37.5 Å². The van der Waals surface area contributed by atoms with Crippen LogP contribution >= 0.6 is 11.3 Å². The lowest BCUT2D eigenvalue weighted by atomic mass is 9.86. The minimum Gasteiger partial charge on any atom is -0.490 e. The van der Waals surface area contributed by atoms with Crippen molar-refractivity contribution in [2.75, 3.05) is 13.2 Å². The molecule has 1 unspecified atom stereocenters. The van der Waals surface area contributed by atoms with Crippen molar-refractivity contribution in [2.24, 2.45) is 5.92 Å². The highest BCUT2D eigenvalue weighted by Gasteiger charge is 2.24. The second kappa shape index (κ2) is 9.62. The molecular weight excluding hydrogens is 383 g/mol. The smallest absolute Gasteiger partial charge is 0.217 e. The summed E-state index contributed by atoms with van der Waals surface area (Å²) in [5.41, 5.74) is -0.482. The predicted octanol–water partition coefficient (Wildman–Crippen LogP) is 3.35. The van der Waals surface area contributed by atoms with Crippen LogP contribution in [0.15, 0.2) is 12.1 Å². The number of hydrogen-bond acceptors (Lipinski definition) is 6. The molecule has 1 heterocycles. The summed E-state index contributed by atoms with van der Waals surface area (Å²) in [6.45, 7) is 7.04. The average Bonchev–Trinajstić information content (AvgIpc) is 3.01. The van der Waals surface area contributed by atoms with E-state index in [9.17, 15) is 14.3 Å². The van der Waals surface area contributed by atoms with Crippen molar-refractivity contribution < 1.29 is 24.1 Å². The van der Waals surface area contributed by atoms with Crippen molar-refractivity contribution in [3.05, 3.63) is 23.0 Å². The number of nitrogens with one attached hydrogen (secondary N) is 1. The summed E-state index contributed by atoms with van der Waals surface area (Å²) in [7, 11) is 0. The highest BCUT2D eigenvalue weighted by Crippen LogP contribution is 2.35. The standard InChI is InChI=1S/C15H18FNO2S.C5H11NO2/c1-15(2,18)14-17-10-6-7-11(12(16)13(10)20-14)19-8-9-4-3-5-9;1-4(3-7)6-5(2)8/h6-7,9,18H,3-5,8H2,1-2H3;4,7H,3H2,1-2H3,(H,6,8). The SMILES string of the molecule is CC(=O)NC(C)CO.CC(C)(O)c1nc2ccc(OCC3CCC3)c(F)c2s1. The van der Waals surface area contributed by atoms with Crippen LogP contribution < -0.4 is 10.1 Å². The van der Waals surface area contributed by atoms with Crippen molar-refractivity contribution >= 4 is 27.5 Å². The number of halogens is 1. The Morgan fingerprint density at radius 3 is 2.61 bits per heavy atom. The van der Waals surface area contributed by atoms with Crippen molar-refractivity contribution in [2.45, 2.75) is 58.6 Å². The van der Waals surface area contributed by atoms with E-state index in [1.807, 2.05) is 0 Å². The van der Waals surface area contributed by atoms with Crippen LogP contribution in [-0.4, -0.2) is 40.4 Å². The fourth-order valence-corrected chi connectivity index (χ4v) is 3.57. The summed E-state index contributed by atoms with van der Waals surface area (Å²) in [6, 6.07) is 3.26. The molecule has 1 atom stereocenters. The van der Waals surface area contributed by atoms with Gasteiger partial charge < -0.3 is 20.3 Å². The highest BCUT2D eigenvalue weighted by molar-refractivity contribution is 7.18. The van der Waals surface area contributed by atoms with Gasteiger partial charge in [0.25, 0.3) is 0 Å². The number of ether oxygens (including phenoxy) is 1. The molecule has 1 amide bonds. The fourth-order valence-electron chi connectivity index (χ4n) is 2.57. The number of thiazole rings is 1. The Hall–Kier alpha value is -1.77. The Morgan fingerprint density at radius 1 is 1.46 bits per heavy atom. The maximum Gasteiger partial charge on any atom is 0.217 e. The van der Waals surface area contributed by atoms with Gasteiger partial charge in [-0.3, -0.25) is 4.79 Å². The Bertz CT molecular complexity index is 799. The molecule has 2 aromatic rings. The van der Waals surface area contributed by atoms with Crippen molar-refractivity contribution in [3.63, 3.8) is 0 Å². The van der Waals surface area contributed by atoms with E-state index in [2.05, 4.69) is 10.3 Å². The Kier molecular flexibility index (Phi) is 7.74. The van der Waals surface area contributed by atoms with Gasteiger partial charge in [-0.15, -0.1) is 11.3 Å². The Balaban J connectivity index is 0.000000300. The van der Waals surface area contributed by atoms with E-state index < -0.39 is 5.60 Å². The third kappa shape index (κ3) is 6.12. The van der Waals surface area contributed by atoms with E-state index in [1.54, 1.807) is 32.9 Å². The van der Waals surface area contributed by atoms with Crippen LogP contribution in [0.5, 0.6) is 5.75 Å². The van der Waals surface area contributed by atoms with Gasteiger partial charge in [-0.2, -0.15) is 0 Å². The minimum absolute atomic E-state index is 0.000417. The molecule has 1 aliphatic carbocycles. The lowest BCUT2D eigenvalue weighted by molar-refractivity contribution is -0.119. The Morgan fingerprint density at radius 2 is 2.14 bits per heavy atom. The number of nitrogens with zero attached hydrogens (tertiary/aromatic N) is 1. The van der Waals surface area contributed by atoms with Gasteiger partial charge >= 0.3 is 0 Å². The number of aliphatic hydroxyl groups is 2. The second-order valence-corrected chi connectivity index (χ2v) is 8.70. The Labute approximate surface area is 168 Å². The monoisotopic (exact) mass is 412 g/mol. The van der Waals surface area contributed by atoms with Crippen LogP contribution in [0.2, 0.25) is 0 Å². The molecule has 1 fully saturated rings. The molecule has 1 aliphatic rings. The van der Waals surface area contributed by atoms with Crippen molar-refractivity contribution in [3.8, 4) is 5.75 Å². The van der Waals surface area contributed by atoms with Gasteiger partial charge in [0.15, 0.2) is 11.6 Å². The first kappa shape index (κ1) is 22.5. The first-order valence-corrected chi connectivity index (χ1v) is 10.3. The third-order valence-electron chi connectivity index (χ3n) is 4.41. The maximum absolute atomic E-state index is 14.4. The summed E-state index contributed by atoms with van der Waals surface area (Å²) < 4.78 is 20.4. The molecule has 0 bridgehead atoms. The van der Waals surface area contributed by atoms with Gasteiger partial charge in [0.1, 0.15) is 10.6 Å². The van der Waals surface area contributed by atoms with Crippen molar-refractivity contribution in [1.29, 1.82) is 0 Å². The zero-order valence-electron chi connectivity index (χ0n) is 16.8. The summed E-state index contributed by atoms with van der Waals surface area (Å²) in [5.74, 6) is 0.384. The number of aromatic nitrogens is 1. The fraction of sp³-hybridized carbons (Fsp3) is 0.600. The topological polar surface area (TPSA) is 91.7 Å². The largest absolute Gasteiger partial charge is 0.490 e. The van der Waals surface area contributed by atoms with Crippen molar-refractivity contribution in [1.82, 2.24) is 10.3 Å². The molecule has 0 saturated heterocycles. The van der Waals surface area contributed by atoms with Gasteiger partial charge in [0.2, 0.25) is 5.91 Å². The molecular formula is C20H29FN2O4S. The molecule has 0 spiro atoms. The number of rotatable bonds is 6. The van der Waals surface area contributed by atoms with Gasteiger partial charge in [0, 0.05) is 13.0 Å². The zero-order valence-corrected chi connectivity index (χ0v) is 17.6. The second-order valence-electron chi connectivity index (χ2n) is 7.70. The van der Waals surface area contributed by atoms with Crippen LogP contribution in [-0.2, 0) is 10.4 Å². The molecule has 1 aromatic heterocycles. The molecule has 1 saturated carbocycles. The van der Waals surface area contributed by atoms with Gasteiger partial charge in [-0.05, 0) is 51.7 Å². The van der Waals surface area contributed by atoms with Crippen LogP contribution in [0, 0.1) is 11.7 Å². The number of amides is 1. The van der Waals surface area contributed by atoms with Crippen LogP contribution in [0.1, 0.15) is 52.0 Å². The summed E-state index contributed by atoms with van der Waals surface area (Å²) >= 11 is 1.18. The molecule has 156 valence electrons. The molecule has 3 N–H and O–H groups in total. The van der Waals surface area contributed by atoms with E-state index in [0.717, 1.165) is 0 Å². The molecule has 6 nitrogen and oxygen atoms in total. The van der Waals surface area contributed by atoms with Crippen LogP contribution in [0.3, 0.4) is 0 Å². The molecule has 1 aromatic carbocycles. The van der Waals surface area contributed by atoms with E-state index in [-0.39, 0.29) is 30.1 Å². The first-order chi connectivity index (χ1) is 13.1. The summed E-state index contributed by atoms with van der Waals surface area (Å²) in [6.07, 6.45) is 3.60. The minimum atomic E-state index is -1.05. The average molecular weight is 413 g/mol. The summed E-state index contributed by atoms with van der Waals surface area (Å²) in [5, 5.41) is 21.3. The number of aliphatic hydroxyl groups excluding tert-OH is 1. The van der Waals surface area contributed by atoms with Gasteiger partial charge in [0.05, 0.1) is 23.4 Å². The third-order valence-corrected chi connectivity index (χ3v) is 5.78. The molecule has 0 aliphatic heterocycles. The first-order valence-electron chi connectivity index (χ1n) is 9.44. The highest BCUT2D eigenvalue weighted by atomic mass is 32.1. The zero-order chi connectivity index (χ0) is 20.9. The van der Waals surface area contributed by atoms with E-state index in [4.69, 9.17) is 9.84 Å². The number of fused-ring (bicyclic) bond motifs is 1. The van der Waals surface area contributed by atoms with Crippen LogP contribution in [0.4, 0.5) is 4.39 Å². The van der Waals surface area contributed by atoms with Crippen LogP contribution in [0.25, 0.3) is 10.2 Å². The molecule has 0 radical (unpaired) electrons. The number of carbonyl (C=O) groups is 1. The summed E-state index contributed by atoms with van der Waals surface area (Å²) in [4.78, 5) is 14.5. The lowest BCUT2D eigenvalue weighted by Crippen LogP contribution is -2.32. The quantitative estimate of drug-likeness (QED) is 0.677. The number of benzene rings is 1. The normalized spacial score (nSPS) is 15.4. The lowest BCUT2D eigenvalue weighted by Gasteiger charge is -2.25. The predicted molar refractivity (Wildman–Crippen MR) is 108 cm³/mol. The number of hydrogen-bond donors (Lipinski definition) is 3. The van der Waals surface area contributed by atoms with E-state index >= 15 is 0 Å². The van der Waals surface area contributed by atoms with Gasteiger partial charge in [-0.25, -0.2) is 9.37 Å². The maximum atomic E-state index is 14.4. The number of carbonyl (C=O) groups excluding carboxylic acids is 1. The molecule has 8 heteroatoms. The molecule has 28 heavy (non-hydrogen) atoms. The van der Waals surface area contributed by atoms with Gasteiger partial charge in [-0.1, -0.05) is 6.42 Å². The van der Waals surface area contributed by atoms with E-state index in [0.29, 0.717) is 27.7 Å².